The number of thiophene rings is 1. The number of rotatable bonds is 6. The SMILES string of the molecule is CCCN(CCNC)c1nccc2sccc12. The molecule has 2 rings (SSSR count). The van der Waals surface area contributed by atoms with Gasteiger partial charge in [0.25, 0.3) is 0 Å². The summed E-state index contributed by atoms with van der Waals surface area (Å²) in [5.74, 6) is 1.13. The Morgan fingerprint density at radius 1 is 1.35 bits per heavy atom. The number of fused-ring (bicyclic) bond motifs is 1. The van der Waals surface area contributed by atoms with E-state index in [1.165, 1.54) is 10.1 Å². The van der Waals surface area contributed by atoms with Crippen LogP contribution in [0.2, 0.25) is 0 Å². The van der Waals surface area contributed by atoms with Crippen molar-refractivity contribution >= 4 is 27.2 Å². The molecule has 17 heavy (non-hydrogen) atoms. The predicted molar refractivity (Wildman–Crippen MR) is 76.1 cm³/mol. The molecule has 0 aliphatic heterocycles. The molecule has 0 saturated heterocycles. The van der Waals surface area contributed by atoms with Crippen LogP contribution in [0.5, 0.6) is 0 Å². The van der Waals surface area contributed by atoms with Gasteiger partial charge in [0.15, 0.2) is 0 Å². The van der Waals surface area contributed by atoms with Gasteiger partial charge < -0.3 is 10.2 Å². The zero-order valence-corrected chi connectivity index (χ0v) is 11.3. The van der Waals surface area contributed by atoms with Crippen molar-refractivity contribution in [1.29, 1.82) is 0 Å². The Morgan fingerprint density at radius 2 is 2.24 bits per heavy atom. The standard InChI is InChI=1S/C13H19N3S/c1-3-8-16(9-7-14-2)13-11-5-10-17-12(11)4-6-15-13/h4-6,10,14H,3,7-9H2,1-2H3. The third-order valence-corrected chi connectivity index (χ3v) is 3.67. The van der Waals surface area contributed by atoms with E-state index in [9.17, 15) is 0 Å². The van der Waals surface area contributed by atoms with Gasteiger partial charge in [0.1, 0.15) is 5.82 Å². The molecule has 92 valence electrons. The van der Waals surface area contributed by atoms with Gasteiger partial charge in [-0.2, -0.15) is 0 Å². The topological polar surface area (TPSA) is 28.2 Å². The third-order valence-electron chi connectivity index (χ3n) is 2.78. The Bertz CT molecular complexity index is 466. The molecular formula is C13H19N3S. The van der Waals surface area contributed by atoms with Crippen LogP contribution in [0.1, 0.15) is 13.3 Å². The number of pyridine rings is 1. The number of aromatic nitrogens is 1. The molecule has 0 saturated carbocycles. The molecule has 3 nitrogen and oxygen atoms in total. The molecule has 0 unspecified atom stereocenters. The fourth-order valence-electron chi connectivity index (χ4n) is 1.97. The minimum Gasteiger partial charge on any atom is -0.355 e. The molecule has 2 aromatic rings. The smallest absolute Gasteiger partial charge is 0.137 e. The molecule has 0 aromatic carbocycles. The molecule has 2 heterocycles. The van der Waals surface area contributed by atoms with E-state index < -0.39 is 0 Å². The summed E-state index contributed by atoms with van der Waals surface area (Å²) in [6.45, 7) is 5.26. The summed E-state index contributed by atoms with van der Waals surface area (Å²) in [6.07, 6.45) is 3.06. The van der Waals surface area contributed by atoms with Crippen LogP contribution < -0.4 is 10.2 Å². The molecule has 0 amide bonds. The van der Waals surface area contributed by atoms with Crippen LogP contribution in [-0.2, 0) is 0 Å². The van der Waals surface area contributed by atoms with Crippen molar-refractivity contribution in [3.8, 4) is 0 Å². The zero-order valence-electron chi connectivity index (χ0n) is 10.4. The summed E-state index contributed by atoms with van der Waals surface area (Å²) in [6, 6.07) is 4.26. The zero-order chi connectivity index (χ0) is 12.1. The highest BCUT2D eigenvalue weighted by Gasteiger charge is 2.10. The Morgan fingerprint density at radius 3 is 3.00 bits per heavy atom. The van der Waals surface area contributed by atoms with Crippen LogP contribution in [0.15, 0.2) is 23.7 Å². The molecule has 0 aliphatic rings. The molecule has 0 atom stereocenters. The Balaban J connectivity index is 2.30. The number of likely N-dealkylation sites (N-methyl/N-ethyl adjacent to an activating group) is 1. The maximum atomic E-state index is 4.56. The van der Waals surface area contributed by atoms with Crippen molar-refractivity contribution in [3.05, 3.63) is 23.7 Å². The summed E-state index contributed by atoms with van der Waals surface area (Å²) >= 11 is 1.78. The molecule has 0 aliphatic carbocycles. The quantitative estimate of drug-likeness (QED) is 0.853. The van der Waals surface area contributed by atoms with Gasteiger partial charge in [-0.3, -0.25) is 0 Å². The first-order chi connectivity index (χ1) is 8.36. The van der Waals surface area contributed by atoms with Gasteiger partial charge in [-0.1, -0.05) is 6.92 Å². The van der Waals surface area contributed by atoms with Gasteiger partial charge in [-0.05, 0) is 31.0 Å². The lowest BCUT2D eigenvalue weighted by Crippen LogP contribution is -2.32. The highest BCUT2D eigenvalue weighted by atomic mass is 32.1. The Hall–Kier alpha value is -1.13. The maximum Gasteiger partial charge on any atom is 0.137 e. The van der Waals surface area contributed by atoms with Crippen molar-refractivity contribution in [1.82, 2.24) is 10.3 Å². The van der Waals surface area contributed by atoms with Gasteiger partial charge in [0, 0.05) is 35.9 Å². The van der Waals surface area contributed by atoms with Crippen LogP contribution in [0.4, 0.5) is 5.82 Å². The van der Waals surface area contributed by atoms with Crippen molar-refractivity contribution < 1.29 is 0 Å². The average Bonchev–Trinajstić information content (AvgIpc) is 2.82. The summed E-state index contributed by atoms with van der Waals surface area (Å²) in [5, 5.41) is 6.62. The summed E-state index contributed by atoms with van der Waals surface area (Å²) in [4.78, 5) is 6.92. The van der Waals surface area contributed by atoms with Gasteiger partial charge in [-0.15, -0.1) is 11.3 Å². The predicted octanol–water partition coefficient (Wildman–Crippen LogP) is 2.73. The highest BCUT2D eigenvalue weighted by molar-refractivity contribution is 7.17. The third kappa shape index (κ3) is 2.76. The fraction of sp³-hybridized carbons (Fsp3) is 0.462. The number of nitrogens with one attached hydrogen (secondary N) is 1. The molecule has 4 heteroatoms. The molecule has 0 fully saturated rings. The molecular weight excluding hydrogens is 230 g/mol. The van der Waals surface area contributed by atoms with Crippen LogP contribution in [0.3, 0.4) is 0 Å². The van der Waals surface area contributed by atoms with E-state index >= 15 is 0 Å². The van der Waals surface area contributed by atoms with E-state index in [0.717, 1.165) is 31.9 Å². The number of hydrogen-bond acceptors (Lipinski definition) is 4. The van der Waals surface area contributed by atoms with E-state index in [-0.39, 0.29) is 0 Å². The molecule has 1 N–H and O–H groups in total. The Kier molecular flexibility index (Phi) is 4.34. The average molecular weight is 249 g/mol. The summed E-state index contributed by atoms with van der Waals surface area (Å²) in [5.41, 5.74) is 0. The maximum absolute atomic E-state index is 4.56. The normalized spacial score (nSPS) is 10.9. The first-order valence-electron chi connectivity index (χ1n) is 6.08. The molecule has 0 bridgehead atoms. The number of nitrogens with zero attached hydrogens (tertiary/aromatic N) is 2. The van der Waals surface area contributed by atoms with E-state index in [1.807, 2.05) is 13.2 Å². The van der Waals surface area contributed by atoms with E-state index in [0.29, 0.717) is 0 Å². The lowest BCUT2D eigenvalue weighted by molar-refractivity contribution is 0.705. The monoisotopic (exact) mass is 249 g/mol. The van der Waals surface area contributed by atoms with Crippen molar-refractivity contribution in [2.24, 2.45) is 0 Å². The lowest BCUT2D eigenvalue weighted by Gasteiger charge is -2.23. The summed E-state index contributed by atoms with van der Waals surface area (Å²) in [7, 11) is 1.99. The highest BCUT2D eigenvalue weighted by Crippen LogP contribution is 2.28. The molecule has 0 radical (unpaired) electrons. The minimum atomic E-state index is 0.988. The fourth-order valence-corrected chi connectivity index (χ4v) is 2.75. The minimum absolute atomic E-state index is 0.988. The lowest BCUT2D eigenvalue weighted by atomic mass is 10.3. The van der Waals surface area contributed by atoms with E-state index in [4.69, 9.17) is 0 Å². The van der Waals surface area contributed by atoms with Crippen LogP contribution in [0, 0.1) is 0 Å². The number of hydrogen-bond donors (Lipinski definition) is 1. The first kappa shape index (κ1) is 12.3. The van der Waals surface area contributed by atoms with E-state index in [1.54, 1.807) is 11.3 Å². The number of anilines is 1. The largest absolute Gasteiger partial charge is 0.355 e. The van der Waals surface area contributed by atoms with Gasteiger partial charge in [0.05, 0.1) is 0 Å². The van der Waals surface area contributed by atoms with Crippen molar-refractivity contribution in [2.45, 2.75) is 13.3 Å². The van der Waals surface area contributed by atoms with Crippen LogP contribution >= 0.6 is 11.3 Å². The second-order valence-corrected chi connectivity index (χ2v) is 5.01. The summed E-state index contributed by atoms with van der Waals surface area (Å²) < 4.78 is 1.32. The van der Waals surface area contributed by atoms with Gasteiger partial charge in [0.2, 0.25) is 0 Å². The van der Waals surface area contributed by atoms with E-state index in [2.05, 4.69) is 39.6 Å². The van der Waals surface area contributed by atoms with Crippen LogP contribution in [0.25, 0.3) is 10.1 Å². The van der Waals surface area contributed by atoms with Gasteiger partial charge in [-0.25, -0.2) is 4.98 Å². The second-order valence-electron chi connectivity index (χ2n) is 4.06. The second kappa shape index (κ2) is 5.98. The molecule has 0 spiro atoms. The van der Waals surface area contributed by atoms with Crippen molar-refractivity contribution in [3.63, 3.8) is 0 Å². The first-order valence-corrected chi connectivity index (χ1v) is 6.96. The van der Waals surface area contributed by atoms with Crippen molar-refractivity contribution in [2.75, 3.05) is 31.6 Å². The van der Waals surface area contributed by atoms with Gasteiger partial charge >= 0.3 is 0 Å². The van der Waals surface area contributed by atoms with Crippen LogP contribution in [-0.4, -0.2) is 31.7 Å². The molecule has 2 aromatic heterocycles. The Labute approximate surface area is 106 Å².